The van der Waals surface area contributed by atoms with Gasteiger partial charge < -0.3 is 10.6 Å². The molecular weight excluding hydrogens is 412 g/mol. The SMILES string of the molecule is CS(=O)(=O)c1ccc(-c2cc3nccnc3c(NC[C@@H]3CNCCC3(F)F)n2)cc1. The van der Waals surface area contributed by atoms with Gasteiger partial charge in [-0.25, -0.2) is 27.2 Å². The van der Waals surface area contributed by atoms with Crippen LogP contribution in [0.4, 0.5) is 14.6 Å². The number of nitrogens with zero attached hydrogens (tertiary/aromatic N) is 3. The first-order chi connectivity index (χ1) is 14.2. The Balaban J connectivity index is 1.67. The highest BCUT2D eigenvalue weighted by atomic mass is 32.2. The molecule has 3 heterocycles. The lowest BCUT2D eigenvalue weighted by Gasteiger charge is -2.32. The van der Waals surface area contributed by atoms with Gasteiger partial charge in [0.15, 0.2) is 15.7 Å². The third kappa shape index (κ3) is 4.24. The van der Waals surface area contributed by atoms with Crippen molar-refractivity contribution in [2.75, 3.05) is 31.2 Å². The van der Waals surface area contributed by atoms with Crippen molar-refractivity contribution in [1.82, 2.24) is 20.3 Å². The Bertz CT molecular complexity index is 1170. The summed E-state index contributed by atoms with van der Waals surface area (Å²) in [5.41, 5.74) is 2.27. The molecule has 1 aliphatic heterocycles. The van der Waals surface area contributed by atoms with Crippen molar-refractivity contribution in [3.05, 3.63) is 42.7 Å². The Hall–Kier alpha value is -2.72. The number of hydrogen-bond acceptors (Lipinski definition) is 7. The molecule has 2 aromatic heterocycles. The number of nitrogens with one attached hydrogen (secondary N) is 2. The fourth-order valence-electron chi connectivity index (χ4n) is 3.44. The Morgan fingerprint density at radius 1 is 1.20 bits per heavy atom. The summed E-state index contributed by atoms with van der Waals surface area (Å²) in [6, 6.07) is 8.07. The average Bonchev–Trinajstić information content (AvgIpc) is 2.72. The number of rotatable bonds is 5. The second-order valence-electron chi connectivity index (χ2n) is 7.37. The van der Waals surface area contributed by atoms with Gasteiger partial charge in [0, 0.05) is 50.3 Å². The van der Waals surface area contributed by atoms with Crippen molar-refractivity contribution < 1.29 is 17.2 Å². The normalized spacial score (nSPS) is 19.0. The van der Waals surface area contributed by atoms with Crippen LogP contribution >= 0.6 is 0 Å². The molecular formula is C20H21F2N5O2S. The fraction of sp³-hybridized carbons (Fsp3) is 0.350. The molecule has 0 spiro atoms. The highest BCUT2D eigenvalue weighted by Crippen LogP contribution is 2.32. The predicted molar refractivity (Wildman–Crippen MR) is 110 cm³/mol. The highest BCUT2D eigenvalue weighted by Gasteiger charge is 2.41. The average molecular weight is 433 g/mol. The molecule has 1 aromatic carbocycles. The summed E-state index contributed by atoms with van der Waals surface area (Å²) in [5.74, 6) is -3.25. The van der Waals surface area contributed by atoms with E-state index in [1.807, 2.05) is 0 Å². The molecule has 1 aliphatic rings. The van der Waals surface area contributed by atoms with Crippen molar-refractivity contribution in [3.8, 4) is 11.3 Å². The number of anilines is 1. The number of aromatic nitrogens is 3. The Labute approximate surface area is 172 Å². The maximum Gasteiger partial charge on any atom is 0.255 e. The van der Waals surface area contributed by atoms with E-state index in [2.05, 4.69) is 25.6 Å². The van der Waals surface area contributed by atoms with Crippen LogP contribution in [0, 0.1) is 5.92 Å². The summed E-state index contributed by atoms with van der Waals surface area (Å²) in [4.78, 5) is 13.4. The summed E-state index contributed by atoms with van der Waals surface area (Å²) < 4.78 is 51.7. The van der Waals surface area contributed by atoms with Crippen LogP contribution in [0.5, 0.6) is 0 Å². The number of sulfone groups is 1. The maximum absolute atomic E-state index is 14.2. The molecule has 0 saturated carbocycles. The van der Waals surface area contributed by atoms with Crippen LogP contribution in [-0.2, 0) is 9.84 Å². The first kappa shape index (κ1) is 20.5. The van der Waals surface area contributed by atoms with Crippen LogP contribution in [0.2, 0.25) is 0 Å². The van der Waals surface area contributed by atoms with Crippen molar-refractivity contribution in [2.45, 2.75) is 17.2 Å². The maximum atomic E-state index is 14.2. The third-order valence-electron chi connectivity index (χ3n) is 5.17. The number of pyridine rings is 1. The van der Waals surface area contributed by atoms with Gasteiger partial charge in [0.25, 0.3) is 5.92 Å². The molecule has 3 aromatic rings. The molecule has 2 N–H and O–H groups in total. The molecule has 0 unspecified atom stereocenters. The smallest absolute Gasteiger partial charge is 0.255 e. The van der Waals surface area contributed by atoms with E-state index in [1.54, 1.807) is 24.4 Å². The lowest BCUT2D eigenvalue weighted by Crippen LogP contribution is -2.47. The number of alkyl halides is 2. The minimum atomic E-state index is -3.31. The number of hydrogen-bond donors (Lipinski definition) is 2. The van der Waals surface area contributed by atoms with E-state index >= 15 is 0 Å². The topological polar surface area (TPSA) is 96.9 Å². The van der Waals surface area contributed by atoms with Crippen LogP contribution in [0.25, 0.3) is 22.3 Å². The predicted octanol–water partition coefficient (Wildman–Crippen LogP) is 2.75. The number of halogens is 2. The molecule has 1 atom stereocenters. The van der Waals surface area contributed by atoms with E-state index in [-0.39, 0.29) is 24.4 Å². The van der Waals surface area contributed by atoms with Gasteiger partial charge in [0.05, 0.1) is 22.0 Å². The number of fused-ring (bicyclic) bond motifs is 1. The second-order valence-corrected chi connectivity index (χ2v) is 9.39. The zero-order chi connectivity index (χ0) is 21.4. The minimum Gasteiger partial charge on any atom is -0.368 e. The van der Waals surface area contributed by atoms with Crippen molar-refractivity contribution in [2.24, 2.45) is 5.92 Å². The van der Waals surface area contributed by atoms with Crippen molar-refractivity contribution >= 4 is 26.7 Å². The van der Waals surface area contributed by atoms with Crippen LogP contribution in [0.15, 0.2) is 47.6 Å². The van der Waals surface area contributed by atoms with E-state index in [0.717, 1.165) is 6.26 Å². The first-order valence-electron chi connectivity index (χ1n) is 9.49. The summed E-state index contributed by atoms with van der Waals surface area (Å²) in [5, 5.41) is 6.03. The van der Waals surface area contributed by atoms with E-state index in [9.17, 15) is 17.2 Å². The third-order valence-corrected chi connectivity index (χ3v) is 6.30. The molecule has 0 bridgehead atoms. The number of piperidine rings is 1. The lowest BCUT2D eigenvalue weighted by molar-refractivity contribution is -0.0728. The van der Waals surface area contributed by atoms with Gasteiger partial charge in [-0.1, -0.05) is 12.1 Å². The van der Waals surface area contributed by atoms with E-state index in [1.165, 1.54) is 18.3 Å². The van der Waals surface area contributed by atoms with Crippen LogP contribution in [0.1, 0.15) is 6.42 Å². The largest absolute Gasteiger partial charge is 0.368 e. The molecule has 7 nitrogen and oxygen atoms in total. The summed E-state index contributed by atoms with van der Waals surface area (Å²) >= 11 is 0. The van der Waals surface area contributed by atoms with Crippen LogP contribution in [0.3, 0.4) is 0 Å². The first-order valence-corrected chi connectivity index (χ1v) is 11.4. The molecule has 1 saturated heterocycles. The second kappa shape index (κ2) is 7.84. The van der Waals surface area contributed by atoms with E-state index in [0.29, 0.717) is 34.7 Å². The van der Waals surface area contributed by atoms with Gasteiger partial charge >= 0.3 is 0 Å². The quantitative estimate of drug-likeness (QED) is 0.639. The summed E-state index contributed by atoms with van der Waals surface area (Å²) in [7, 11) is -3.31. The fourth-order valence-corrected chi connectivity index (χ4v) is 4.07. The number of benzene rings is 1. The zero-order valence-corrected chi connectivity index (χ0v) is 17.1. The van der Waals surface area contributed by atoms with Crippen molar-refractivity contribution in [3.63, 3.8) is 0 Å². The monoisotopic (exact) mass is 433 g/mol. The van der Waals surface area contributed by atoms with Gasteiger partial charge in [0.1, 0.15) is 5.52 Å². The van der Waals surface area contributed by atoms with Crippen molar-refractivity contribution in [1.29, 1.82) is 0 Å². The Morgan fingerprint density at radius 3 is 2.63 bits per heavy atom. The molecule has 30 heavy (non-hydrogen) atoms. The Morgan fingerprint density at radius 2 is 1.93 bits per heavy atom. The van der Waals surface area contributed by atoms with Gasteiger partial charge in [0.2, 0.25) is 0 Å². The molecule has 0 amide bonds. The Kier molecular flexibility index (Phi) is 5.37. The van der Waals surface area contributed by atoms with Crippen LogP contribution in [-0.4, -0.2) is 55.2 Å². The summed E-state index contributed by atoms with van der Waals surface area (Å²) in [6.07, 6.45) is 4.01. The van der Waals surface area contributed by atoms with Gasteiger partial charge in [-0.15, -0.1) is 0 Å². The van der Waals surface area contributed by atoms with E-state index < -0.39 is 21.7 Å². The molecule has 0 aliphatic carbocycles. The molecule has 158 valence electrons. The van der Waals surface area contributed by atoms with Gasteiger partial charge in [-0.05, 0) is 18.2 Å². The van der Waals surface area contributed by atoms with E-state index in [4.69, 9.17) is 0 Å². The standard InChI is InChI=1S/C20H21F2N5O2S/c1-30(28,29)15-4-2-13(3-5-15)16-10-17-18(25-9-8-24-17)19(27-16)26-12-14-11-23-7-6-20(14,21)22/h2-5,8-10,14,23H,6-7,11-12H2,1H3,(H,26,27)/t14-/m0/s1. The summed E-state index contributed by atoms with van der Waals surface area (Å²) in [6.45, 7) is 0.556. The van der Waals surface area contributed by atoms with Gasteiger partial charge in [-0.2, -0.15) is 0 Å². The van der Waals surface area contributed by atoms with Gasteiger partial charge in [-0.3, -0.25) is 4.98 Å². The van der Waals surface area contributed by atoms with Crippen LogP contribution < -0.4 is 10.6 Å². The molecule has 10 heteroatoms. The molecule has 1 fully saturated rings. The zero-order valence-electron chi connectivity index (χ0n) is 16.3. The molecule has 0 radical (unpaired) electrons. The minimum absolute atomic E-state index is 0.0368. The molecule has 4 rings (SSSR count). The lowest BCUT2D eigenvalue weighted by atomic mass is 9.95. The highest BCUT2D eigenvalue weighted by molar-refractivity contribution is 7.90.